The Hall–Kier alpha value is -1.30. The highest BCUT2D eigenvalue weighted by molar-refractivity contribution is 6.30. The van der Waals surface area contributed by atoms with Gasteiger partial charge in [0, 0.05) is 23.2 Å². The zero-order valence-electron chi connectivity index (χ0n) is 15.7. The van der Waals surface area contributed by atoms with Gasteiger partial charge < -0.3 is 16.0 Å². The molecule has 0 spiro atoms. The lowest BCUT2D eigenvalue weighted by molar-refractivity contribution is -0.125. The topological polar surface area (TPSA) is 75.4 Å². The monoisotopic (exact) mass is 413 g/mol. The van der Waals surface area contributed by atoms with Crippen LogP contribution in [-0.2, 0) is 4.79 Å². The molecule has 1 aromatic carbocycles. The number of carbonyl (C=O) groups excluding carboxylic acids is 2. The van der Waals surface area contributed by atoms with Gasteiger partial charge in [-0.05, 0) is 61.9 Å². The Balaban J connectivity index is 0.00000261. The lowest BCUT2D eigenvalue weighted by Gasteiger charge is -2.33. The van der Waals surface area contributed by atoms with Gasteiger partial charge in [0.25, 0.3) is 5.91 Å². The molecule has 150 valence electrons. The molecule has 27 heavy (non-hydrogen) atoms. The van der Waals surface area contributed by atoms with Crippen molar-refractivity contribution in [1.29, 1.82) is 0 Å². The number of hydrogen-bond donors (Lipinski definition) is 2. The van der Waals surface area contributed by atoms with E-state index >= 15 is 0 Å². The Morgan fingerprint density at radius 1 is 1.26 bits per heavy atom. The van der Waals surface area contributed by atoms with Crippen molar-refractivity contribution in [1.82, 2.24) is 10.2 Å². The number of rotatable bonds is 5. The van der Waals surface area contributed by atoms with E-state index in [0.717, 1.165) is 25.7 Å². The highest BCUT2D eigenvalue weighted by atomic mass is 35.5. The smallest absolute Gasteiger partial charge is 0.254 e. The van der Waals surface area contributed by atoms with Crippen molar-refractivity contribution in [2.75, 3.05) is 13.1 Å². The van der Waals surface area contributed by atoms with E-state index in [1.807, 2.05) is 11.8 Å². The number of fused-ring (bicyclic) bond motifs is 1. The van der Waals surface area contributed by atoms with Crippen molar-refractivity contribution in [3.63, 3.8) is 0 Å². The minimum absolute atomic E-state index is 0. The molecule has 1 aromatic rings. The molecule has 0 aromatic heterocycles. The van der Waals surface area contributed by atoms with E-state index in [9.17, 15) is 9.59 Å². The zero-order valence-corrected chi connectivity index (χ0v) is 17.3. The fraction of sp³-hybridized carbons (Fsp3) is 0.600. The van der Waals surface area contributed by atoms with E-state index in [0.29, 0.717) is 29.6 Å². The van der Waals surface area contributed by atoms with Crippen LogP contribution in [0.4, 0.5) is 0 Å². The SMILES string of the molecule is CC(CN)CNC(=O)C1CC2CCCCC2N1C(=O)c1ccc(Cl)cc1.Cl. The molecular formula is C20H29Cl2N3O2. The van der Waals surface area contributed by atoms with Gasteiger partial charge >= 0.3 is 0 Å². The van der Waals surface area contributed by atoms with E-state index in [1.165, 1.54) is 6.42 Å². The number of benzene rings is 1. The Labute approximate surface area is 172 Å². The molecule has 3 N–H and O–H groups in total. The molecule has 7 heteroatoms. The fourth-order valence-corrected chi connectivity index (χ4v) is 4.33. The summed E-state index contributed by atoms with van der Waals surface area (Å²) in [6.45, 7) is 3.08. The van der Waals surface area contributed by atoms with E-state index in [-0.39, 0.29) is 36.2 Å². The summed E-state index contributed by atoms with van der Waals surface area (Å²) in [4.78, 5) is 27.9. The molecule has 2 amide bonds. The van der Waals surface area contributed by atoms with Crippen LogP contribution in [0.15, 0.2) is 24.3 Å². The molecule has 1 saturated carbocycles. The highest BCUT2D eigenvalue weighted by Crippen LogP contribution is 2.40. The van der Waals surface area contributed by atoms with E-state index in [1.54, 1.807) is 24.3 Å². The quantitative estimate of drug-likeness (QED) is 0.777. The van der Waals surface area contributed by atoms with Crippen molar-refractivity contribution < 1.29 is 9.59 Å². The highest BCUT2D eigenvalue weighted by Gasteiger charge is 2.47. The van der Waals surface area contributed by atoms with Gasteiger partial charge in [-0.25, -0.2) is 0 Å². The summed E-state index contributed by atoms with van der Waals surface area (Å²) in [5.74, 6) is 0.524. The van der Waals surface area contributed by atoms with E-state index in [4.69, 9.17) is 17.3 Å². The normalized spacial score (nSPS) is 25.3. The molecule has 0 radical (unpaired) electrons. The minimum Gasteiger partial charge on any atom is -0.354 e. The standard InChI is InChI=1S/C20H28ClN3O2.ClH/c1-13(11-22)12-23-19(25)18-10-15-4-2-3-5-17(15)24(18)20(26)14-6-8-16(21)9-7-14;/h6-9,13,15,17-18H,2-5,10-12,22H2,1H3,(H,23,25);1H. The molecule has 4 unspecified atom stereocenters. The first kappa shape index (κ1) is 22.0. The van der Waals surface area contributed by atoms with Gasteiger partial charge in [0.2, 0.25) is 5.91 Å². The second-order valence-electron chi connectivity index (χ2n) is 7.67. The van der Waals surface area contributed by atoms with Gasteiger partial charge in [-0.2, -0.15) is 0 Å². The second-order valence-corrected chi connectivity index (χ2v) is 8.11. The van der Waals surface area contributed by atoms with Crippen LogP contribution < -0.4 is 11.1 Å². The van der Waals surface area contributed by atoms with Crippen molar-refractivity contribution in [2.24, 2.45) is 17.6 Å². The zero-order chi connectivity index (χ0) is 18.7. The predicted octanol–water partition coefficient (Wildman–Crippen LogP) is 3.25. The Bertz CT molecular complexity index is 653. The van der Waals surface area contributed by atoms with Crippen LogP contribution in [0.1, 0.15) is 49.4 Å². The number of nitrogens with two attached hydrogens (primary N) is 1. The number of hydrogen-bond acceptors (Lipinski definition) is 3. The van der Waals surface area contributed by atoms with E-state index < -0.39 is 6.04 Å². The number of nitrogens with one attached hydrogen (secondary N) is 1. The van der Waals surface area contributed by atoms with Crippen LogP contribution >= 0.6 is 24.0 Å². The summed E-state index contributed by atoms with van der Waals surface area (Å²) in [5.41, 5.74) is 6.24. The van der Waals surface area contributed by atoms with Crippen LogP contribution in [0, 0.1) is 11.8 Å². The third-order valence-corrected chi connectivity index (χ3v) is 6.00. The lowest BCUT2D eigenvalue weighted by Crippen LogP contribution is -2.50. The number of amides is 2. The molecule has 1 heterocycles. The molecule has 1 aliphatic heterocycles. The molecule has 5 nitrogen and oxygen atoms in total. The maximum absolute atomic E-state index is 13.2. The summed E-state index contributed by atoms with van der Waals surface area (Å²) < 4.78 is 0. The Morgan fingerprint density at radius 3 is 2.59 bits per heavy atom. The number of nitrogens with zero attached hydrogens (tertiary/aromatic N) is 1. The van der Waals surface area contributed by atoms with Crippen molar-refractivity contribution in [3.05, 3.63) is 34.9 Å². The second kappa shape index (κ2) is 9.76. The first-order valence-corrected chi connectivity index (χ1v) is 9.95. The van der Waals surface area contributed by atoms with Gasteiger partial charge in [-0.1, -0.05) is 31.4 Å². The van der Waals surface area contributed by atoms with Crippen LogP contribution in [0.25, 0.3) is 0 Å². The molecule has 2 fully saturated rings. The average Bonchev–Trinajstić information content (AvgIpc) is 3.05. The summed E-state index contributed by atoms with van der Waals surface area (Å²) in [6, 6.07) is 6.70. The molecular weight excluding hydrogens is 385 g/mol. The van der Waals surface area contributed by atoms with Gasteiger partial charge in [0.05, 0.1) is 0 Å². The molecule has 3 rings (SSSR count). The first-order valence-electron chi connectivity index (χ1n) is 9.57. The summed E-state index contributed by atoms with van der Waals surface area (Å²) >= 11 is 5.95. The first-order chi connectivity index (χ1) is 12.5. The fourth-order valence-electron chi connectivity index (χ4n) is 4.20. The van der Waals surface area contributed by atoms with Gasteiger partial charge in [-0.15, -0.1) is 12.4 Å². The predicted molar refractivity (Wildman–Crippen MR) is 110 cm³/mol. The number of likely N-dealkylation sites (tertiary alicyclic amines) is 1. The third kappa shape index (κ3) is 4.95. The Morgan fingerprint density at radius 2 is 1.93 bits per heavy atom. The maximum Gasteiger partial charge on any atom is 0.254 e. The van der Waals surface area contributed by atoms with Crippen molar-refractivity contribution >= 4 is 35.8 Å². The van der Waals surface area contributed by atoms with Gasteiger partial charge in [-0.3, -0.25) is 9.59 Å². The number of carbonyl (C=O) groups is 2. The maximum atomic E-state index is 13.2. The van der Waals surface area contributed by atoms with Gasteiger partial charge in [0.15, 0.2) is 0 Å². The van der Waals surface area contributed by atoms with E-state index in [2.05, 4.69) is 5.32 Å². The largest absolute Gasteiger partial charge is 0.354 e. The molecule has 1 aliphatic carbocycles. The minimum atomic E-state index is -0.392. The van der Waals surface area contributed by atoms with Gasteiger partial charge in [0.1, 0.15) is 6.04 Å². The molecule has 4 atom stereocenters. The summed E-state index contributed by atoms with van der Waals surface area (Å²) in [5, 5.41) is 3.60. The lowest BCUT2D eigenvalue weighted by atomic mass is 9.84. The van der Waals surface area contributed by atoms with Crippen LogP contribution in [-0.4, -0.2) is 41.9 Å². The van der Waals surface area contributed by atoms with Crippen molar-refractivity contribution in [2.45, 2.75) is 51.1 Å². The molecule has 2 aliphatic rings. The summed E-state index contributed by atoms with van der Waals surface area (Å²) in [6.07, 6.45) is 5.13. The molecule has 0 bridgehead atoms. The third-order valence-electron chi connectivity index (χ3n) is 5.74. The number of halogens is 2. The van der Waals surface area contributed by atoms with Crippen LogP contribution in [0.5, 0.6) is 0 Å². The van der Waals surface area contributed by atoms with Crippen molar-refractivity contribution in [3.8, 4) is 0 Å². The Kier molecular flexibility index (Phi) is 7.95. The average molecular weight is 414 g/mol. The van der Waals surface area contributed by atoms with Crippen LogP contribution in [0.3, 0.4) is 0 Å². The van der Waals surface area contributed by atoms with Crippen LogP contribution in [0.2, 0.25) is 5.02 Å². The molecule has 1 saturated heterocycles. The summed E-state index contributed by atoms with van der Waals surface area (Å²) in [7, 11) is 0.